The van der Waals surface area contributed by atoms with Gasteiger partial charge < -0.3 is 15.4 Å². The summed E-state index contributed by atoms with van der Waals surface area (Å²) in [4.78, 5) is 28.0. The molecule has 0 unspecified atom stereocenters. The number of hydrogen-bond donors (Lipinski definition) is 2. The van der Waals surface area contributed by atoms with Crippen molar-refractivity contribution in [1.82, 2.24) is 10.2 Å². The zero-order chi connectivity index (χ0) is 19.3. The maximum atomic E-state index is 12.4. The summed E-state index contributed by atoms with van der Waals surface area (Å²) in [6, 6.07) is 17.5. The quantitative estimate of drug-likeness (QED) is 0.836. The van der Waals surface area contributed by atoms with Gasteiger partial charge in [-0.3, -0.25) is 9.80 Å². The molecule has 7 heteroatoms. The predicted octanol–water partition coefficient (Wildman–Crippen LogP) is 3.04. The van der Waals surface area contributed by atoms with Crippen LogP contribution in [0.4, 0.5) is 21.0 Å². The average Bonchev–Trinajstić information content (AvgIpc) is 3.31. The van der Waals surface area contributed by atoms with Crippen molar-refractivity contribution < 1.29 is 14.3 Å². The smallest absolute Gasteiger partial charge is 0.414 e. The van der Waals surface area contributed by atoms with Gasteiger partial charge in [-0.05, 0) is 30.2 Å². The first-order valence-corrected chi connectivity index (χ1v) is 9.55. The number of amides is 3. The lowest BCUT2D eigenvalue weighted by Gasteiger charge is -2.18. The molecular weight excluding hydrogens is 356 g/mol. The number of hydrogen-bond acceptors (Lipinski definition) is 4. The number of carbonyl (C=O) groups is 2. The van der Waals surface area contributed by atoms with E-state index in [1.54, 1.807) is 17.0 Å². The summed E-state index contributed by atoms with van der Waals surface area (Å²) in [5.74, 6) is 0. The number of anilines is 2. The summed E-state index contributed by atoms with van der Waals surface area (Å²) < 4.78 is 4.96. The Kier molecular flexibility index (Phi) is 5.43. The van der Waals surface area contributed by atoms with Gasteiger partial charge in [0.2, 0.25) is 0 Å². The molecular formula is C21H24N4O3. The molecule has 4 rings (SSSR count). The van der Waals surface area contributed by atoms with Crippen LogP contribution in [0, 0.1) is 0 Å². The number of rotatable bonds is 5. The van der Waals surface area contributed by atoms with Crippen molar-refractivity contribution in [2.45, 2.75) is 19.0 Å². The van der Waals surface area contributed by atoms with Crippen molar-refractivity contribution in [2.75, 3.05) is 36.5 Å². The van der Waals surface area contributed by atoms with Gasteiger partial charge in [-0.2, -0.15) is 0 Å². The van der Waals surface area contributed by atoms with Crippen molar-refractivity contribution in [3.8, 4) is 0 Å². The maximum Gasteiger partial charge on any atom is 0.414 e. The van der Waals surface area contributed by atoms with E-state index in [9.17, 15) is 9.59 Å². The van der Waals surface area contributed by atoms with Crippen molar-refractivity contribution in [1.29, 1.82) is 0 Å². The molecule has 2 fully saturated rings. The van der Waals surface area contributed by atoms with Crippen LogP contribution in [-0.4, -0.2) is 49.3 Å². The number of benzene rings is 2. The Bertz CT molecular complexity index is 843. The molecule has 28 heavy (non-hydrogen) atoms. The zero-order valence-corrected chi connectivity index (χ0v) is 15.6. The van der Waals surface area contributed by atoms with E-state index < -0.39 is 0 Å². The Morgan fingerprint density at radius 1 is 1.11 bits per heavy atom. The Hall–Kier alpha value is -3.06. The van der Waals surface area contributed by atoms with E-state index in [0.717, 1.165) is 31.7 Å². The number of ether oxygens (including phenoxy) is 1. The number of likely N-dealkylation sites (tertiary alicyclic amines) is 1. The first-order chi connectivity index (χ1) is 13.7. The molecule has 1 atom stereocenters. The van der Waals surface area contributed by atoms with E-state index in [-0.39, 0.29) is 18.2 Å². The van der Waals surface area contributed by atoms with E-state index >= 15 is 0 Å². The number of carbonyl (C=O) groups excluding carboxylic acids is 2. The number of nitrogens with zero attached hydrogens (tertiary/aromatic N) is 2. The molecule has 2 aliphatic heterocycles. The first kappa shape index (κ1) is 18.3. The van der Waals surface area contributed by atoms with Crippen LogP contribution in [-0.2, 0) is 11.3 Å². The summed E-state index contributed by atoms with van der Waals surface area (Å²) >= 11 is 0. The molecule has 2 N–H and O–H groups in total. The Labute approximate surface area is 164 Å². The third-order valence-corrected chi connectivity index (χ3v) is 5.03. The molecule has 2 saturated heterocycles. The average molecular weight is 380 g/mol. The Morgan fingerprint density at radius 2 is 1.96 bits per heavy atom. The van der Waals surface area contributed by atoms with E-state index in [1.165, 1.54) is 5.56 Å². The standard InChI is InChI=1S/C21H24N4O3/c26-20(22-17-7-4-8-19(13-17)25-11-12-28-21(25)27)23-18-9-10-24(15-18)14-16-5-2-1-3-6-16/h1-8,13,18H,9-12,14-15H2,(H2,22,23,26)/t18-/m0/s1. The minimum atomic E-state index is -0.355. The van der Waals surface area contributed by atoms with Gasteiger partial charge in [0.25, 0.3) is 0 Å². The Morgan fingerprint density at radius 3 is 2.75 bits per heavy atom. The Balaban J connectivity index is 1.28. The van der Waals surface area contributed by atoms with Crippen molar-refractivity contribution in [2.24, 2.45) is 0 Å². The molecule has 0 saturated carbocycles. The molecule has 0 spiro atoms. The molecule has 0 radical (unpaired) electrons. The minimum absolute atomic E-state index is 0.125. The van der Waals surface area contributed by atoms with E-state index in [2.05, 4.69) is 27.7 Å². The molecule has 0 aromatic heterocycles. The highest BCUT2D eigenvalue weighted by atomic mass is 16.6. The van der Waals surface area contributed by atoms with Gasteiger partial charge in [0.1, 0.15) is 6.61 Å². The lowest BCUT2D eigenvalue weighted by Crippen LogP contribution is -2.39. The molecule has 146 valence electrons. The van der Waals surface area contributed by atoms with E-state index in [1.807, 2.05) is 30.3 Å². The van der Waals surface area contributed by atoms with E-state index in [4.69, 9.17) is 4.74 Å². The lowest BCUT2D eigenvalue weighted by atomic mass is 10.2. The van der Waals surface area contributed by atoms with Crippen LogP contribution >= 0.6 is 0 Å². The molecule has 0 aliphatic carbocycles. The fourth-order valence-electron chi connectivity index (χ4n) is 3.67. The first-order valence-electron chi connectivity index (χ1n) is 9.55. The number of nitrogens with one attached hydrogen (secondary N) is 2. The van der Waals surface area contributed by atoms with Crippen LogP contribution in [0.2, 0.25) is 0 Å². The monoisotopic (exact) mass is 380 g/mol. The van der Waals surface area contributed by atoms with Crippen LogP contribution in [0.1, 0.15) is 12.0 Å². The van der Waals surface area contributed by atoms with Gasteiger partial charge in [0.05, 0.1) is 6.54 Å². The van der Waals surface area contributed by atoms with Gasteiger partial charge in [-0.15, -0.1) is 0 Å². The van der Waals surface area contributed by atoms with E-state index in [0.29, 0.717) is 18.8 Å². The molecule has 2 aromatic carbocycles. The molecule has 0 bridgehead atoms. The summed E-state index contributed by atoms with van der Waals surface area (Å²) in [7, 11) is 0. The topological polar surface area (TPSA) is 73.9 Å². The second kappa shape index (κ2) is 8.31. The van der Waals surface area contributed by atoms with Crippen molar-refractivity contribution in [3.63, 3.8) is 0 Å². The third kappa shape index (κ3) is 4.43. The van der Waals surface area contributed by atoms with Crippen LogP contribution in [0.25, 0.3) is 0 Å². The highest BCUT2D eigenvalue weighted by Gasteiger charge is 2.25. The second-order valence-electron chi connectivity index (χ2n) is 7.12. The van der Waals surface area contributed by atoms with Crippen molar-refractivity contribution >= 4 is 23.5 Å². The largest absolute Gasteiger partial charge is 0.447 e. The summed E-state index contributed by atoms with van der Waals surface area (Å²) in [5.41, 5.74) is 2.65. The SMILES string of the molecule is O=C(Nc1cccc(N2CCOC2=O)c1)N[C@H]1CCN(Cc2ccccc2)C1. The van der Waals surface area contributed by atoms with Crippen LogP contribution in [0.15, 0.2) is 54.6 Å². The molecule has 7 nitrogen and oxygen atoms in total. The van der Waals surface area contributed by atoms with Gasteiger partial charge in [-0.25, -0.2) is 9.59 Å². The summed E-state index contributed by atoms with van der Waals surface area (Å²) in [5, 5.41) is 5.91. The maximum absolute atomic E-state index is 12.4. The van der Waals surface area contributed by atoms with Crippen LogP contribution < -0.4 is 15.5 Å². The second-order valence-corrected chi connectivity index (χ2v) is 7.12. The minimum Gasteiger partial charge on any atom is -0.447 e. The summed E-state index contributed by atoms with van der Waals surface area (Å²) in [6.45, 7) is 3.61. The highest BCUT2D eigenvalue weighted by Crippen LogP contribution is 2.22. The fourth-order valence-corrected chi connectivity index (χ4v) is 3.67. The fraction of sp³-hybridized carbons (Fsp3) is 0.333. The van der Waals surface area contributed by atoms with Gasteiger partial charge in [0.15, 0.2) is 0 Å². The third-order valence-electron chi connectivity index (χ3n) is 5.03. The number of cyclic esters (lactones) is 1. The molecule has 2 heterocycles. The van der Waals surface area contributed by atoms with Crippen molar-refractivity contribution in [3.05, 3.63) is 60.2 Å². The zero-order valence-electron chi connectivity index (χ0n) is 15.6. The molecule has 2 aromatic rings. The molecule has 2 aliphatic rings. The number of urea groups is 1. The summed E-state index contributed by atoms with van der Waals surface area (Å²) in [6.07, 6.45) is 0.575. The van der Waals surface area contributed by atoms with Gasteiger partial charge in [-0.1, -0.05) is 36.4 Å². The van der Waals surface area contributed by atoms with Gasteiger partial charge >= 0.3 is 12.1 Å². The van der Waals surface area contributed by atoms with Crippen LogP contribution in [0.3, 0.4) is 0 Å². The normalized spacial score (nSPS) is 19.5. The van der Waals surface area contributed by atoms with Gasteiger partial charge in [0, 0.05) is 37.1 Å². The lowest BCUT2D eigenvalue weighted by molar-refractivity contribution is 0.181. The highest BCUT2D eigenvalue weighted by molar-refractivity contribution is 5.93. The predicted molar refractivity (Wildman–Crippen MR) is 107 cm³/mol. The molecule has 3 amide bonds. The van der Waals surface area contributed by atoms with Crippen LogP contribution in [0.5, 0.6) is 0 Å².